The van der Waals surface area contributed by atoms with Crippen LogP contribution < -0.4 is 5.73 Å². The van der Waals surface area contributed by atoms with Crippen LogP contribution in [0.15, 0.2) is 22.4 Å². The van der Waals surface area contributed by atoms with Gasteiger partial charge in [-0.3, -0.25) is 0 Å². The maximum atomic E-state index is 8.83. The summed E-state index contributed by atoms with van der Waals surface area (Å²) in [5.41, 5.74) is 5.94. The molecule has 0 saturated carbocycles. The van der Waals surface area contributed by atoms with Gasteiger partial charge >= 0.3 is 0 Å². The number of rotatable bonds is 5. The zero-order valence-electron chi connectivity index (χ0n) is 9.30. The van der Waals surface area contributed by atoms with Gasteiger partial charge in [0.2, 0.25) is 0 Å². The maximum Gasteiger partial charge on any atom is 0.171 e. The lowest BCUT2D eigenvalue weighted by Gasteiger charge is -2.11. The van der Waals surface area contributed by atoms with E-state index in [1.807, 2.05) is 6.92 Å². The molecular formula is C10H14ClN3O2S. The third-order valence-corrected chi connectivity index (χ3v) is 3.75. The van der Waals surface area contributed by atoms with Gasteiger partial charge in [-0.05, 0) is 12.5 Å². The van der Waals surface area contributed by atoms with E-state index in [1.54, 1.807) is 12.3 Å². The van der Waals surface area contributed by atoms with Gasteiger partial charge in [-0.25, -0.2) is 4.98 Å². The lowest BCUT2D eigenvalue weighted by Crippen LogP contribution is -2.14. The Hall–Kier alpha value is -0.980. The summed E-state index contributed by atoms with van der Waals surface area (Å²) < 4.78 is 0. The SMILES string of the molecule is CC(CCO)Sc1nccc(/C(N)=N/O)c1Cl. The number of oxime groups is 1. The van der Waals surface area contributed by atoms with E-state index in [1.165, 1.54) is 11.8 Å². The van der Waals surface area contributed by atoms with E-state index in [-0.39, 0.29) is 17.7 Å². The lowest BCUT2D eigenvalue weighted by molar-refractivity contribution is 0.289. The molecule has 1 aromatic heterocycles. The average Bonchev–Trinajstić information content (AvgIpc) is 2.31. The summed E-state index contributed by atoms with van der Waals surface area (Å²) in [6.45, 7) is 2.08. The van der Waals surface area contributed by atoms with E-state index in [9.17, 15) is 0 Å². The summed E-state index contributed by atoms with van der Waals surface area (Å²) in [6, 6.07) is 1.58. The number of thioether (sulfide) groups is 1. The number of pyridine rings is 1. The highest BCUT2D eigenvalue weighted by atomic mass is 35.5. The number of halogens is 1. The molecule has 1 unspecified atom stereocenters. The molecular weight excluding hydrogens is 262 g/mol. The molecule has 7 heteroatoms. The Balaban J connectivity index is 2.94. The minimum Gasteiger partial charge on any atom is -0.409 e. The van der Waals surface area contributed by atoms with Crippen molar-refractivity contribution in [1.82, 2.24) is 4.98 Å². The first-order chi connectivity index (χ1) is 8.10. The summed E-state index contributed by atoms with van der Waals surface area (Å²) in [5, 5.41) is 21.5. The molecule has 1 atom stereocenters. The largest absolute Gasteiger partial charge is 0.409 e. The Morgan fingerprint density at radius 1 is 1.71 bits per heavy atom. The molecule has 17 heavy (non-hydrogen) atoms. The van der Waals surface area contributed by atoms with Gasteiger partial charge in [0, 0.05) is 23.6 Å². The van der Waals surface area contributed by atoms with Crippen molar-refractivity contribution in [3.63, 3.8) is 0 Å². The molecule has 0 amide bonds. The number of amidine groups is 1. The van der Waals surface area contributed by atoms with Gasteiger partial charge in [0.1, 0.15) is 5.03 Å². The topological polar surface area (TPSA) is 91.7 Å². The molecule has 94 valence electrons. The number of aliphatic hydroxyl groups is 1. The molecule has 0 radical (unpaired) electrons. The second-order valence-corrected chi connectivity index (χ2v) is 5.21. The molecule has 0 aromatic carbocycles. The van der Waals surface area contributed by atoms with Crippen LogP contribution in [0.1, 0.15) is 18.9 Å². The minimum absolute atomic E-state index is 0.0472. The zero-order chi connectivity index (χ0) is 12.8. The van der Waals surface area contributed by atoms with Crippen molar-refractivity contribution in [2.24, 2.45) is 10.9 Å². The van der Waals surface area contributed by atoms with Crippen LogP contribution in [0.3, 0.4) is 0 Å². The van der Waals surface area contributed by atoms with Crippen LogP contribution in [0.25, 0.3) is 0 Å². The highest BCUT2D eigenvalue weighted by molar-refractivity contribution is 7.99. The first-order valence-corrected chi connectivity index (χ1v) is 6.25. The Kier molecular flexibility index (Phi) is 5.54. The molecule has 4 N–H and O–H groups in total. The lowest BCUT2D eigenvalue weighted by atomic mass is 10.2. The van der Waals surface area contributed by atoms with Crippen molar-refractivity contribution in [3.05, 3.63) is 22.8 Å². The molecule has 0 saturated heterocycles. The number of nitrogens with two attached hydrogens (primary N) is 1. The molecule has 0 aliphatic carbocycles. The van der Waals surface area contributed by atoms with Crippen LogP contribution in [0.4, 0.5) is 0 Å². The van der Waals surface area contributed by atoms with E-state index in [0.717, 1.165) is 0 Å². The van der Waals surface area contributed by atoms with Crippen molar-refractivity contribution in [2.45, 2.75) is 23.6 Å². The number of aromatic nitrogens is 1. The number of hydrogen-bond acceptors (Lipinski definition) is 5. The van der Waals surface area contributed by atoms with E-state index in [4.69, 9.17) is 27.6 Å². The number of aliphatic hydroxyl groups excluding tert-OH is 1. The summed E-state index contributed by atoms with van der Waals surface area (Å²) in [7, 11) is 0. The van der Waals surface area contributed by atoms with Crippen LogP contribution >= 0.6 is 23.4 Å². The Bertz CT molecular complexity index is 415. The standard InChI is InChI=1S/C10H14ClN3O2S/c1-6(3-5-15)17-10-8(11)7(2-4-13-10)9(12)14-16/h2,4,6,15-16H,3,5H2,1H3,(H2,12,14). The summed E-state index contributed by atoms with van der Waals surface area (Å²) in [6.07, 6.45) is 2.20. The van der Waals surface area contributed by atoms with Gasteiger partial charge in [0.25, 0.3) is 0 Å². The van der Waals surface area contributed by atoms with Crippen molar-refractivity contribution in [2.75, 3.05) is 6.61 Å². The predicted octanol–water partition coefficient (Wildman–Crippen LogP) is 1.69. The molecule has 0 aliphatic rings. The average molecular weight is 276 g/mol. The van der Waals surface area contributed by atoms with Gasteiger partial charge in [0.15, 0.2) is 5.84 Å². The van der Waals surface area contributed by atoms with Crippen molar-refractivity contribution in [3.8, 4) is 0 Å². The van der Waals surface area contributed by atoms with E-state index < -0.39 is 0 Å². The Morgan fingerprint density at radius 2 is 2.41 bits per heavy atom. The molecule has 5 nitrogen and oxygen atoms in total. The summed E-state index contributed by atoms with van der Waals surface area (Å²) in [5.74, 6) is -0.0472. The predicted molar refractivity (Wildman–Crippen MR) is 68.8 cm³/mol. The monoisotopic (exact) mass is 275 g/mol. The van der Waals surface area contributed by atoms with E-state index >= 15 is 0 Å². The van der Waals surface area contributed by atoms with Gasteiger partial charge in [0.05, 0.1) is 5.02 Å². The van der Waals surface area contributed by atoms with Crippen LogP contribution in [0.5, 0.6) is 0 Å². The summed E-state index contributed by atoms with van der Waals surface area (Å²) in [4.78, 5) is 4.14. The van der Waals surface area contributed by atoms with Crippen molar-refractivity contribution >= 4 is 29.2 Å². The first kappa shape index (κ1) is 14.1. The molecule has 1 rings (SSSR count). The van der Waals surface area contributed by atoms with Gasteiger partial charge < -0.3 is 16.0 Å². The molecule has 0 bridgehead atoms. The third-order valence-electron chi connectivity index (χ3n) is 2.09. The van der Waals surface area contributed by atoms with Crippen LogP contribution in [0, 0.1) is 0 Å². The Morgan fingerprint density at radius 3 is 3.00 bits per heavy atom. The highest BCUT2D eigenvalue weighted by Gasteiger charge is 2.14. The third kappa shape index (κ3) is 3.76. The molecule has 1 heterocycles. The molecule has 0 fully saturated rings. The second-order valence-electron chi connectivity index (χ2n) is 3.40. The minimum atomic E-state index is -0.0472. The molecule has 0 spiro atoms. The van der Waals surface area contributed by atoms with E-state index in [2.05, 4.69) is 10.1 Å². The van der Waals surface area contributed by atoms with Gasteiger partial charge in [-0.15, -0.1) is 11.8 Å². The van der Waals surface area contributed by atoms with Gasteiger partial charge in [-0.1, -0.05) is 23.7 Å². The highest BCUT2D eigenvalue weighted by Crippen LogP contribution is 2.31. The number of hydrogen-bond donors (Lipinski definition) is 3. The van der Waals surface area contributed by atoms with Crippen LogP contribution in [0.2, 0.25) is 5.02 Å². The quantitative estimate of drug-likeness (QED) is 0.250. The molecule has 0 aliphatic heterocycles. The summed E-state index contributed by atoms with van der Waals surface area (Å²) >= 11 is 7.55. The normalized spacial score (nSPS) is 13.7. The fourth-order valence-electron chi connectivity index (χ4n) is 1.19. The Labute approximate surface area is 109 Å². The number of nitrogens with zero attached hydrogens (tertiary/aromatic N) is 2. The van der Waals surface area contributed by atoms with Crippen molar-refractivity contribution in [1.29, 1.82) is 0 Å². The van der Waals surface area contributed by atoms with E-state index in [0.29, 0.717) is 22.0 Å². The molecule has 1 aromatic rings. The smallest absolute Gasteiger partial charge is 0.171 e. The second kappa shape index (κ2) is 6.68. The first-order valence-electron chi connectivity index (χ1n) is 5.00. The van der Waals surface area contributed by atoms with Gasteiger partial charge in [-0.2, -0.15) is 0 Å². The fraction of sp³-hybridized carbons (Fsp3) is 0.400. The van der Waals surface area contributed by atoms with Crippen LogP contribution in [-0.4, -0.2) is 33.0 Å². The maximum absolute atomic E-state index is 8.83. The zero-order valence-corrected chi connectivity index (χ0v) is 10.9. The van der Waals surface area contributed by atoms with Crippen molar-refractivity contribution < 1.29 is 10.3 Å². The van der Waals surface area contributed by atoms with Crippen LogP contribution in [-0.2, 0) is 0 Å². The fourth-order valence-corrected chi connectivity index (χ4v) is 2.47.